The summed E-state index contributed by atoms with van der Waals surface area (Å²) in [6.07, 6.45) is 1.43. The van der Waals surface area contributed by atoms with Crippen molar-refractivity contribution in [3.63, 3.8) is 0 Å². The molecule has 0 aromatic heterocycles. The van der Waals surface area contributed by atoms with Crippen molar-refractivity contribution in [3.05, 3.63) is 0 Å². The summed E-state index contributed by atoms with van der Waals surface area (Å²) in [5.74, 6) is 0.287. The molecule has 0 unspecified atom stereocenters. The Morgan fingerprint density at radius 3 is 3.15 bits per heavy atom. The number of rotatable bonds is 3. The predicted octanol–water partition coefficient (Wildman–Crippen LogP) is 0.441. The first kappa shape index (κ1) is 10.0. The number of amides is 1. The fourth-order valence-electron chi connectivity index (χ4n) is 1.34. The van der Waals surface area contributed by atoms with E-state index < -0.39 is 6.04 Å². The molecule has 0 aromatic rings. The number of ether oxygens (including phenoxy) is 1. The van der Waals surface area contributed by atoms with Crippen LogP contribution in [0.1, 0.15) is 19.8 Å². The summed E-state index contributed by atoms with van der Waals surface area (Å²) in [5.41, 5.74) is 0. The standard InChI is InChI=1S/C9H14N2O2/c1-7(5-10)11-9(12)4-8-2-3-13-6-8/h7-8H,2-4,6H2,1H3,(H,11,12)/t7-,8+/m0/s1. The summed E-state index contributed by atoms with van der Waals surface area (Å²) in [7, 11) is 0. The van der Waals surface area contributed by atoms with Crippen molar-refractivity contribution in [1.82, 2.24) is 5.32 Å². The molecule has 0 saturated carbocycles. The Kier molecular flexibility index (Phi) is 3.71. The van der Waals surface area contributed by atoms with Crippen molar-refractivity contribution in [2.24, 2.45) is 5.92 Å². The van der Waals surface area contributed by atoms with Crippen LogP contribution in [0.15, 0.2) is 0 Å². The second-order valence-electron chi connectivity index (χ2n) is 3.35. The molecule has 1 N–H and O–H groups in total. The highest BCUT2D eigenvalue weighted by atomic mass is 16.5. The highest BCUT2D eigenvalue weighted by Crippen LogP contribution is 2.15. The summed E-state index contributed by atoms with van der Waals surface area (Å²) in [6, 6.07) is 1.56. The molecule has 1 amide bonds. The smallest absolute Gasteiger partial charge is 0.221 e. The molecule has 0 radical (unpaired) electrons. The van der Waals surface area contributed by atoms with E-state index in [4.69, 9.17) is 10.00 Å². The molecule has 1 rings (SSSR count). The Bertz CT molecular complexity index is 216. The number of carbonyl (C=O) groups excluding carboxylic acids is 1. The van der Waals surface area contributed by atoms with Gasteiger partial charge in [-0.2, -0.15) is 5.26 Å². The molecule has 0 aromatic carbocycles. The molecule has 0 aliphatic carbocycles. The van der Waals surface area contributed by atoms with Gasteiger partial charge in [0.1, 0.15) is 6.04 Å². The highest BCUT2D eigenvalue weighted by Gasteiger charge is 2.19. The number of nitriles is 1. The van der Waals surface area contributed by atoms with Crippen LogP contribution in [0.2, 0.25) is 0 Å². The Labute approximate surface area is 77.9 Å². The molecule has 1 heterocycles. The van der Waals surface area contributed by atoms with Gasteiger partial charge in [-0.1, -0.05) is 0 Å². The van der Waals surface area contributed by atoms with Gasteiger partial charge in [-0.3, -0.25) is 4.79 Å². The first-order valence-electron chi connectivity index (χ1n) is 4.49. The van der Waals surface area contributed by atoms with Gasteiger partial charge in [0.05, 0.1) is 6.07 Å². The van der Waals surface area contributed by atoms with E-state index in [2.05, 4.69) is 5.32 Å². The van der Waals surface area contributed by atoms with Crippen molar-refractivity contribution >= 4 is 5.91 Å². The Morgan fingerprint density at radius 1 is 1.85 bits per heavy atom. The molecule has 1 saturated heterocycles. The molecule has 4 nitrogen and oxygen atoms in total. The van der Waals surface area contributed by atoms with Crippen molar-refractivity contribution in [2.75, 3.05) is 13.2 Å². The van der Waals surface area contributed by atoms with Crippen molar-refractivity contribution in [2.45, 2.75) is 25.8 Å². The lowest BCUT2D eigenvalue weighted by atomic mass is 10.0. The number of nitrogens with one attached hydrogen (secondary N) is 1. The lowest BCUT2D eigenvalue weighted by Gasteiger charge is -2.09. The van der Waals surface area contributed by atoms with Gasteiger partial charge in [0.2, 0.25) is 5.91 Å². The van der Waals surface area contributed by atoms with Crippen molar-refractivity contribution in [1.29, 1.82) is 5.26 Å². The van der Waals surface area contributed by atoms with E-state index in [-0.39, 0.29) is 5.91 Å². The fraction of sp³-hybridized carbons (Fsp3) is 0.778. The minimum Gasteiger partial charge on any atom is -0.381 e. The first-order valence-corrected chi connectivity index (χ1v) is 4.49. The van der Waals surface area contributed by atoms with E-state index in [0.717, 1.165) is 13.0 Å². The molecule has 72 valence electrons. The third-order valence-electron chi connectivity index (χ3n) is 2.07. The van der Waals surface area contributed by atoms with Gasteiger partial charge in [0.25, 0.3) is 0 Å². The summed E-state index contributed by atoms with van der Waals surface area (Å²) >= 11 is 0. The minimum absolute atomic E-state index is 0.0513. The zero-order valence-corrected chi connectivity index (χ0v) is 7.75. The van der Waals surface area contributed by atoms with E-state index in [1.165, 1.54) is 0 Å². The fourth-order valence-corrected chi connectivity index (χ4v) is 1.34. The van der Waals surface area contributed by atoms with Crippen LogP contribution in [0.25, 0.3) is 0 Å². The van der Waals surface area contributed by atoms with Gasteiger partial charge in [-0.05, 0) is 19.3 Å². The maximum absolute atomic E-state index is 11.3. The zero-order valence-electron chi connectivity index (χ0n) is 7.75. The van der Waals surface area contributed by atoms with Crippen LogP contribution < -0.4 is 5.32 Å². The first-order chi connectivity index (χ1) is 6.22. The third kappa shape index (κ3) is 3.43. The van der Waals surface area contributed by atoms with Crippen LogP contribution in [0.5, 0.6) is 0 Å². The zero-order chi connectivity index (χ0) is 9.68. The maximum atomic E-state index is 11.3. The minimum atomic E-state index is -0.394. The second-order valence-corrected chi connectivity index (χ2v) is 3.35. The number of nitrogens with zero attached hydrogens (tertiary/aromatic N) is 1. The molecule has 2 atom stereocenters. The average Bonchev–Trinajstić information content (AvgIpc) is 2.56. The van der Waals surface area contributed by atoms with E-state index in [0.29, 0.717) is 18.9 Å². The normalized spacial score (nSPS) is 23.5. The van der Waals surface area contributed by atoms with Crippen LogP contribution in [0.3, 0.4) is 0 Å². The SMILES string of the molecule is C[C@@H](C#N)NC(=O)C[C@H]1CCOC1. The van der Waals surface area contributed by atoms with Crippen molar-refractivity contribution in [3.8, 4) is 6.07 Å². The number of hydrogen-bond acceptors (Lipinski definition) is 3. The van der Waals surface area contributed by atoms with Crippen LogP contribution in [-0.4, -0.2) is 25.2 Å². The third-order valence-corrected chi connectivity index (χ3v) is 2.07. The Hall–Kier alpha value is -1.08. The Morgan fingerprint density at radius 2 is 2.62 bits per heavy atom. The monoisotopic (exact) mass is 182 g/mol. The van der Waals surface area contributed by atoms with E-state index in [1.807, 2.05) is 6.07 Å². The number of hydrogen-bond donors (Lipinski definition) is 1. The van der Waals surface area contributed by atoms with Gasteiger partial charge in [-0.15, -0.1) is 0 Å². The Balaban J connectivity index is 2.21. The second kappa shape index (κ2) is 4.83. The van der Waals surface area contributed by atoms with Crippen LogP contribution >= 0.6 is 0 Å². The summed E-state index contributed by atoms with van der Waals surface area (Å²) in [6.45, 7) is 3.10. The van der Waals surface area contributed by atoms with E-state index in [1.54, 1.807) is 6.92 Å². The number of carbonyl (C=O) groups is 1. The topological polar surface area (TPSA) is 62.1 Å². The van der Waals surface area contributed by atoms with Gasteiger partial charge < -0.3 is 10.1 Å². The van der Waals surface area contributed by atoms with E-state index in [9.17, 15) is 4.79 Å². The molecule has 13 heavy (non-hydrogen) atoms. The molecular weight excluding hydrogens is 168 g/mol. The van der Waals surface area contributed by atoms with Crippen LogP contribution in [0, 0.1) is 17.2 Å². The van der Waals surface area contributed by atoms with Gasteiger partial charge >= 0.3 is 0 Å². The van der Waals surface area contributed by atoms with Gasteiger partial charge in [0.15, 0.2) is 0 Å². The van der Waals surface area contributed by atoms with Crippen LogP contribution in [-0.2, 0) is 9.53 Å². The predicted molar refractivity (Wildman–Crippen MR) is 46.8 cm³/mol. The summed E-state index contributed by atoms with van der Waals surface area (Å²) in [4.78, 5) is 11.3. The molecule has 0 spiro atoms. The lowest BCUT2D eigenvalue weighted by molar-refractivity contribution is -0.122. The van der Waals surface area contributed by atoms with E-state index >= 15 is 0 Å². The molecular formula is C9H14N2O2. The molecule has 1 fully saturated rings. The molecule has 1 aliphatic heterocycles. The highest BCUT2D eigenvalue weighted by molar-refractivity contribution is 5.76. The molecule has 0 bridgehead atoms. The summed E-state index contributed by atoms with van der Waals surface area (Å²) in [5, 5.41) is 11.1. The average molecular weight is 182 g/mol. The maximum Gasteiger partial charge on any atom is 0.221 e. The lowest BCUT2D eigenvalue weighted by Crippen LogP contribution is -2.32. The quantitative estimate of drug-likeness (QED) is 0.689. The molecule has 4 heteroatoms. The van der Waals surface area contributed by atoms with Crippen LogP contribution in [0.4, 0.5) is 0 Å². The summed E-state index contributed by atoms with van der Waals surface area (Å²) < 4.78 is 5.14. The largest absolute Gasteiger partial charge is 0.381 e. The van der Waals surface area contributed by atoms with Crippen molar-refractivity contribution < 1.29 is 9.53 Å². The molecule has 1 aliphatic rings. The van der Waals surface area contributed by atoms with Gasteiger partial charge in [-0.25, -0.2) is 0 Å². The van der Waals surface area contributed by atoms with Gasteiger partial charge in [0, 0.05) is 19.6 Å².